The van der Waals surface area contributed by atoms with Gasteiger partial charge in [-0.3, -0.25) is 4.79 Å². The Morgan fingerprint density at radius 3 is 2.82 bits per heavy atom. The van der Waals surface area contributed by atoms with Crippen molar-refractivity contribution in [2.75, 3.05) is 13.2 Å². The number of hydrazone groups is 1. The van der Waals surface area contributed by atoms with Crippen molar-refractivity contribution in [3.63, 3.8) is 0 Å². The molecule has 0 saturated heterocycles. The van der Waals surface area contributed by atoms with Crippen molar-refractivity contribution >= 4 is 28.1 Å². The van der Waals surface area contributed by atoms with Gasteiger partial charge in [-0.2, -0.15) is 10.4 Å². The van der Waals surface area contributed by atoms with Gasteiger partial charge in [-0.05, 0) is 58.7 Å². The van der Waals surface area contributed by atoms with Crippen molar-refractivity contribution in [1.29, 1.82) is 5.26 Å². The lowest BCUT2D eigenvalue weighted by atomic mass is 10.1. The average Bonchev–Trinajstić information content (AvgIpc) is 2.67. The summed E-state index contributed by atoms with van der Waals surface area (Å²) in [5.41, 5.74) is 2.75. The average molecular weight is 444 g/mol. The first kappa shape index (κ1) is 20.9. The number of hydrogen-bond acceptors (Lipinski definition) is 5. The number of nitriles is 1. The van der Waals surface area contributed by atoms with Gasteiger partial charge in [0, 0.05) is 0 Å². The summed E-state index contributed by atoms with van der Waals surface area (Å²) in [5.74, 6) is 1.75. The maximum atomic E-state index is 13.9. The van der Waals surface area contributed by atoms with Crippen LogP contribution in [0.4, 0.5) is 4.39 Å². The second kappa shape index (κ2) is 10.1. The molecular weight excluding hydrogens is 429 g/mol. The topological polar surface area (TPSA) is 83.7 Å². The molecule has 8 heteroatoms. The molecule has 0 bridgehead atoms. The number of rotatable bonds is 7. The van der Waals surface area contributed by atoms with E-state index in [0.29, 0.717) is 28.1 Å². The molecule has 6 nitrogen and oxygen atoms in total. The Labute approximate surface area is 170 Å². The Morgan fingerprint density at radius 1 is 1.39 bits per heavy atom. The molecule has 2 aromatic rings. The Balaban J connectivity index is 2.16. The van der Waals surface area contributed by atoms with Crippen LogP contribution in [0.15, 0.2) is 39.9 Å². The Hall–Kier alpha value is -3.36. The number of nitrogens with one attached hydrogen (secondary N) is 1. The molecule has 0 heterocycles. The molecule has 0 fully saturated rings. The fourth-order valence-electron chi connectivity index (χ4n) is 2.17. The van der Waals surface area contributed by atoms with E-state index in [0.717, 1.165) is 6.07 Å². The van der Waals surface area contributed by atoms with Gasteiger partial charge in [-0.25, -0.2) is 9.82 Å². The van der Waals surface area contributed by atoms with Gasteiger partial charge in [0.05, 0.1) is 34.5 Å². The van der Waals surface area contributed by atoms with Crippen LogP contribution in [-0.2, 0) is 0 Å². The zero-order valence-electron chi connectivity index (χ0n) is 14.8. The molecule has 1 N–H and O–H groups in total. The van der Waals surface area contributed by atoms with E-state index < -0.39 is 11.7 Å². The lowest BCUT2D eigenvalue weighted by molar-refractivity contribution is 0.0951. The van der Waals surface area contributed by atoms with E-state index in [1.807, 2.05) is 6.92 Å². The Bertz CT molecular complexity index is 993. The highest BCUT2D eigenvalue weighted by Crippen LogP contribution is 2.36. The number of carbonyl (C=O) groups is 1. The maximum absolute atomic E-state index is 13.9. The first-order chi connectivity index (χ1) is 13.5. The number of hydrogen-bond donors (Lipinski definition) is 1. The molecule has 2 rings (SSSR count). The molecule has 0 aromatic heterocycles. The number of halogens is 2. The summed E-state index contributed by atoms with van der Waals surface area (Å²) in [7, 11) is 0. The molecule has 0 aliphatic rings. The van der Waals surface area contributed by atoms with E-state index in [1.54, 1.807) is 18.2 Å². The van der Waals surface area contributed by atoms with E-state index in [1.165, 1.54) is 18.3 Å². The molecule has 0 atom stereocenters. The minimum absolute atomic E-state index is 0.0817. The molecule has 142 valence electrons. The fraction of sp³-hybridized carbons (Fsp3) is 0.150. The predicted molar refractivity (Wildman–Crippen MR) is 106 cm³/mol. The number of nitrogens with zero attached hydrogens (tertiary/aromatic N) is 2. The number of carbonyl (C=O) groups excluding carboxylic acids is 1. The zero-order chi connectivity index (χ0) is 20.5. The molecule has 0 radical (unpaired) electrons. The number of terminal acetylenes is 1. The van der Waals surface area contributed by atoms with Gasteiger partial charge in [0.2, 0.25) is 0 Å². The lowest BCUT2D eigenvalue weighted by Gasteiger charge is -2.13. The molecule has 0 saturated carbocycles. The molecule has 0 unspecified atom stereocenters. The van der Waals surface area contributed by atoms with Gasteiger partial charge in [0.15, 0.2) is 11.5 Å². The van der Waals surface area contributed by atoms with Crippen LogP contribution >= 0.6 is 15.9 Å². The molecule has 28 heavy (non-hydrogen) atoms. The second-order valence-electron chi connectivity index (χ2n) is 5.26. The molecule has 0 spiro atoms. The SMILES string of the molecule is C#CCOc1c(Br)cc(/C=N\NC(=O)c2ccc(C#N)cc2F)cc1OCC. The summed E-state index contributed by atoms with van der Waals surface area (Å²) in [5, 5.41) is 12.6. The largest absolute Gasteiger partial charge is 0.490 e. The van der Waals surface area contributed by atoms with Crippen LogP contribution in [0.5, 0.6) is 11.5 Å². The number of ether oxygens (including phenoxy) is 2. The summed E-state index contributed by atoms with van der Waals surface area (Å²) in [4.78, 5) is 12.0. The van der Waals surface area contributed by atoms with Crippen LogP contribution in [0.3, 0.4) is 0 Å². The minimum atomic E-state index is -0.803. The van der Waals surface area contributed by atoms with Crippen molar-refractivity contribution in [3.05, 3.63) is 57.3 Å². The van der Waals surface area contributed by atoms with E-state index in [9.17, 15) is 9.18 Å². The van der Waals surface area contributed by atoms with E-state index >= 15 is 0 Å². The highest BCUT2D eigenvalue weighted by atomic mass is 79.9. The Kier molecular flexibility index (Phi) is 7.55. The quantitative estimate of drug-likeness (QED) is 0.402. The molecular formula is C20H15BrFN3O3. The third-order valence-corrected chi connectivity index (χ3v) is 3.94. The van der Waals surface area contributed by atoms with Crippen LogP contribution in [-0.4, -0.2) is 25.3 Å². The third kappa shape index (κ3) is 5.32. The normalized spacial score (nSPS) is 10.2. The van der Waals surface area contributed by atoms with Gasteiger partial charge in [-0.1, -0.05) is 5.92 Å². The van der Waals surface area contributed by atoms with Crippen LogP contribution in [0.25, 0.3) is 0 Å². The summed E-state index contributed by atoms with van der Waals surface area (Å²) in [6.45, 7) is 2.32. The first-order valence-corrected chi connectivity index (χ1v) is 8.85. The van der Waals surface area contributed by atoms with Crippen molar-refractivity contribution in [1.82, 2.24) is 5.43 Å². The second-order valence-corrected chi connectivity index (χ2v) is 6.12. The van der Waals surface area contributed by atoms with Crippen molar-refractivity contribution in [3.8, 4) is 29.9 Å². The fourth-order valence-corrected chi connectivity index (χ4v) is 2.75. The highest BCUT2D eigenvalue weighted by molar-refractivity contribution is 9.10. The van der Waals surface area contributed by atoms with Gasteiger partial charge in [-0.15, -0.1) is 6.42 Å². The standard InChI is InChI=1S/C20H15BrFN3O3/c1-3-7-28-19-16(21)8-14(10-18(19)27-4-2)12-24-25-20(26)15-6-5-13(11-23)9-17(15)22/h1,5-6,8-10,12H,4,7H2,2H3,(H,25,26)/b24-12-. The molecule has 2 aromatic carbocycles. The van der Waals surface area contributed by atoms with Gasteiger partial charge in [0.1, 0.15) is 12.4 Å². The summed E-state index contributed by atoms with van der Waals surface area (Å²) < 4.78 is 25.5. The van der Waals surface area contributed by atoms with Crippen LogP contribution < -0.4 is 14.9 Å². The maximum Gasteiger partial charge on any atom is 0.274 e. The van der Waals surface area contributed by atoms with Gasteiger partial charge < -0.3 is 9.47 Å². The van der Waals surface area contributed by atoms with E-state index in [2.05, 4.69) is 32.4 Å². The summed E-state index contributed by atoms with van der Waals surface area (Å²) in [6.07, 6.45) is 6.59. The van der Waals surface area contributed by atoms with Crippen LogP contribution in [0, 0.1) is 29.5 Å². The molecule has 1 amide bonds. The summed E-state index contributed by atoms with van der Waals surface area (Å²) in [6, 6.07) is 8.72. The summed E-state index contributed by atoms with van der Waals surface area (Å²) >= 11 is 3.38. The van der Waals surface area contributed by atoms with Crippen molar-refractivity contribution in [2.24, 2.45) is 5.10 Å². The number of amides is 1. The predicted octanol–water partition coefficient (Wildman–Crippen LogP) is 3.63. The van der Waals surface area contributed by atoms with Gasteiger partial charge in [0.25, 0.3) is 5.91 Å². The molecule has 0 aliphatic heterocycles. The number of benzene rings is 2. The Morgan fingerprint density at radius 2 is 2.18 bits per heavy atom. The smallest absolute Gasteiger partial charge is 0.274 e. The van der Waals surface area contributed by atoms with Crippen molar-refractivity contribution in [2.45, 2.75) is 6.92 Å². The van der Waals surface area contributed by atoms with E-state index in [-0.39, 0.29) is 17.7 Å². The highest BCUT2D eigenvalue weighted by Gasteiger charge is 2.13. The minimum Gasteiger partial charge on any atom is -0.490 e. The third-order valence-electron chi connectivity index (χ3n) is 3.35. The van der Waals surface area contributed by atoms with Crippen LogP contribution in [0.1, 0.15) is 28.4 Å². The molecule has 0 aliphatic carbocycles. The first-order valence-electron chi connectivity index (χ1n) is 8.05. The van der Waals surface area contributed by atoms with Crippen molar-refractivity contribution < 1.29 is 18.7 Å². The van der Waals surface area contributed by atoms with Gasteiger partial charge >= 0.3 is 0 Å². The monoisotopic (exact) mass is 443 g/mol. The van der Waals surface area contributed by atoms with Crippen LogP contribution in [0.2, 0.25) is 0 Å². The zero-order valence-corrected chi connectivity index (χ0v) is 16.4. The lowest BCUT2D eigenvalue weighted by Crippen LogP contribution is -2.19. The van der Waals surface area contributed by atoms with E-state index in [4.69, 9.17) is 21.2 Å².